The number of amides is 2. The molecular formula is C41H36ClF7N8O4S. The number of sulfonamides is 1. The number of benzene rings is 2. The summed E-state index contributed by atoms with van der Waals surface area (Å²) in [7, 11) is -2.35. The molecule has 2 fully saturated rings. The van der Waals surface area contributed by atoms with Crippen molar-refractivity contribution >= 4 is 50.2 Å². The van der Waals surface area contributed by atoms with E-state index in [2.05, 4.69) is 32.1 Å². The number of aromatic nitrogens is 5. The summed E-state index contributed by atoms with van der Waals surface area (Å²) in [6.07, 6.45) is -3.19. The van der Waals surface area contributed by atoms with Crippen molar-refractivity contribution < 1.29 is 48.7 Å². The van der Waals surface area contributed by atoms with Crippen molar-refractivity contribution in [3.63, 3.8) is 0 Å². The minimum Gasteiger partial charge on any atom is -0.346 e. The van der Waals surface area contributed by atoms with Gasteiger partial charge in [0.15, 0.2) is 11.5 Å². The van der Waals surface area contributed by atoms with E-state index in [-0.39, 0.29) is 63.0 Å². The van der Waals surface area contributed by atoms with E-state index in [0.29, 0.717) is 35.7 Å². The van der Waals surface area contributed by atoms with Crippen LogP contribution in [0.2, 0.25) is 5.02 Å². The third-order valence-corrected chi connectivity index (χ3v) is 12.3. The van der Waals surface area contributed by atoms with Gasteiger partial charge in [-0.25, -0.2) is 22.2 Å². The quantitative estimate of drug-likeness (QED) is 0.118. The monoisotopic (exact) mass is 904 g/mol. The molecule has 1 aliphatic heterocycles. The highest BCUT2D eigenvalue weighted by Gasteiger charge is 2.63. The summed E-state index contributed by atoms with van der Waals surface area (Å²) in [4.78, 5) is 32.8. The van der Waals surface area contributed by atoms with Crippen LogP contribution in [-0.2, 0) is 51.7 Å². The van der Waals surface area contributed by atoms with Gasteiger partial charge in [-0.05, 0) is 79.8 Å². The first-order valence-corrected chi connectivity index (χ1v) is 21.6. The van der Waals surface area contributed by atoms with Crippen LogP contribution in [0.5, 0.6) is 0 Å². The van der Waals surface area contributed by atoms with Crippen molar-refractivity contribution in [2.24, 2.45) is 13.0 Å². The Hall–Kier alpha value is -5.68. The van der Waals surface area contributed by atoms with Crippen LogP contribution in [-0.4, -0.2) is 68.5 Å². The zero-order valence-corrected chi connectivity index (χ0v) is 34.6. The Morgan fingerprint density at radius 1 is 1.03 bits per heavy atom. The summed E-state index contributed by atoms with van der Waals surface area (Å²) < 4.78 is 132. The minimum absolute atomic E-state index is 0.00263. The molecule has 1 unspecified atom stereocenters. The number of halogens is 8. The van der Waals surface area contributed by atoms with E-state index in [0.717, 1.165) is 18.4 Å². The molecule has 0 spiro atoms. The van der Waals surface area contributed by atoms with E-state index in [1.165, 1.54) is 30.8 Å². The first kappa shape index (κ1) is 43.0. The van der Waals surface area contributed by atoms with Crippen molar-refractivity contribution in [1.82, 2.24) is 34.8 Å². The lowest BCUT2D eigenvalue weighted by Crippen LogP contribution is -2.36. The predicted octanol–water partition coefficient (Wildman–Crippen LogP) is 7.22. The molecule has 62 heavy (non-hydrogen) atoms. The smallest absolute Gasteiger partial charge is 0.346 e. The lowest BCUT2D eigenvalue weighted by Gasteiger charge is -2.34. The van der Waals surface area contributed by atoms with Gasteiger partial charge in [-0.2, -0.15) is 32.1 Å². The minimum atomic E-state index is -5.09. The van der Waals surface area contributed by atoms with E-state index in [1.807, 2.05) is 0 Å². The molecule has 3 aliphatic rings. The maximum Gasteiger partial charge on any atom is 0.435 e. The molecule has 4 heterocycles. The molecular weight excluding hydrogens is 869 g/mol. The van der Waals surface area contributed by atoms with Gasteiger partial charge < -0.3 is 10.2 Å². The molecule has 2 amide bonds. The fourth-order valence-electron chi connectivity index (χ4n) is 8.85. The number of fused-ring (bicyclic) bond motifs is 4. The number of rotatable bonds is 9. The molecule has 0 radical (unpaired) electrons. The van der Waals surface area contributed by atoms with Crippen molar-refractivity contribution in [2.45, 2.75) is 75.7 Å². The van der Waals surface area contributed by atoms with Gasteiger partial charge in [0, 0.05) is 49.2 Å². The Morgan fingerprint density at radius 3 is 2.39 bits per heavy atom. The second kappa shape index (κ2) is 15.6. The first-order chi connectivity index (χ1) is 29.1. The Balaban J connectivity index is 1.28. The molecule has 0 bridgehead atoms. The van der Waals surface area contributed by atoms with E-state index in [9.17, 15) is 40.0 Å². The van der Waals surface area contributed by atoms with E-state index >= 15 is 8.78 Å². The highest BCUT2D eigenvalue weighted by Crippen LogP contribution is 2.64. The van der Waals surface area contributed by atoms with Gasteiger partial charge in [0.2, 0.25) is 21.8 Å². The van der Waals surface area contributed by atoms with Crippen molar-refractivity contribution in [1.29, 1.82) is 0 Å². The molecule has 3 aromatic heterocycles. The summed E-state index contributed by atoms with van der Waals surface area (Å²) >= 11 is 6.61. The average molecular weight is 905 g/mol. The molecule has 1 saturated carbocycles. The molecule has 4 atom stereocenters. The summed E-state index contributed by atoms with van der Waals surface area (Å²) in [6, 6.07) is 6.92. The van der Waals surface area contributed by atoms with Crippen LogP contribution in [0, 0.1) is 29.4 Å². The number of likely N-dealkylation sites (tertiary alicyclic amines) is 1. The number of nitrogens with zero attached hydrogens (tertiary/aromatic N) is 6. The number of anilines is 1. The van der Waals surface area contributed by atoms with Gasteiger partial charge in [0.1, 0.15) is 29.6 Å². The Labute approximate surface area is 354 Å². The van der Waals surface area contributed by atoms with Crippen molar-refractivity contribution in [2.75, 3.05) is 17.5 Å². The number of hydrogen-bond acceptors (Lipinski definition) is 7. The fraction of sp³-hybridized carbons (Fsp3) is 0.390. The lowest BCUT2D eigenvalue weighted by atomic mass is 9.73. The summed E-state index contributed by atoms with van der Waals surface area (Å²) in [5.41, 5.74) is -2.16. The third-order valence-electron chi connectivity index (χ3n) is 11.5. The van der Waals surface area contributed by atoms with Crippen LogP contribution < -0.4 is 10.0 Å². The molecule has 8 rings (SSSR count). The van der Waals surface area contributed by atoms with Gasteiger partial charge in [0.25, 0.3) is 5.92 Å². The van der Waals surface area contributed by atoms with Gasteiger partial charge in [0.05, 0.1) is 40.0 Å². The Morgan fingerprint density at radius 2 is 1.74 bits per heavy atom. The van der Waals surface area contributed by atoms with E-state index in [1.54, 1.807) is 17.0 Å². The topological polar surface area (TPSA) is 144 Å². The van der Waals surface area contributed by atoms with Crippen LogP contribution in [0.4, 0.5) is 36.6 Å². The second-order valence-corrected chi connectivity index (χ2v) is 17.9. The highest BCUT2D eigenvalue weighted by molar-refractivity contribution is 7.92. The van der Waals surface area contributed by atoms with Crippen molar-refractivity contribution in [3.05, 3.63) is 93.0 Å². The van der Waals surface area contributed by atoms with Gasteiger partial charge in [-0.3, -0.25) is 23.7 Å². The van der Waals surface area contributed by atoms with E-state index in [4.69, 9.17) is 16.6 Å². The number of nitrogens with one attached hydrogen (secondary N) is 2. The average Bonchev–Trinajstić information content (AvgIpc) is 3.88. The normalized spacial score (nSPS) is 19.7. The lowest BCUT2D eigenvalue weighted by molar-refractivity contribution is -0.144. The molecule has 12 nitrogen and oxygen atoms in total. The maximum atomic E-state index is 15.7. The highest BCUT2D eigenvalue weighted by atomic mass is 35.5. The number of alkyl halides is 5. The summed E-state index contributed by atoms with van der Waals surface area (Å²) in [6.45, 7) is 0.824. The Kier molecular flexibility index (Phi) is 10.8. The Bertz CT molecular complexity index is 2830. The van der Waals surface area contributed by atoms with Gasteiger partial charge in [-0.1, -0.05) is 23.6 Å². The maximum absolute atomic E-state index is 15.7. The molecule has 2 aliphatic carbocycles. The molecule has 21 heteroatoms. The molecule has 1 saturated heterocycles. The number of carbonyl (C=O) groups is 2. The zero-order chi connectivity index (χ0) is 44.6. The van der Waals surface area contributed by atoms with E-state index < -0.39 is 93.5 Å². The third kappa shape index (κ3) is 7.96. The fourth-order valence-corrected chi connectivity index (χ4v) is 9.58. The van der Waals surface area contributed by atoms with Crippen LogP contribution in [0.25, 0.3) is 22.0 Å². The second-order valence-electron chi connectivity index (χ2n) is 15.7. The molecule has 2 N–H and O–H groups in total. The van der Waals surface area contributed by atoms with Gasteiger partial charge >= 0.3 is 6.18 Å². The standard InChI is InChI=1S/C41H36ClF7N8O4S/c1-20(58)56-14-4-5-25(56)8-6-24-7-9-26(27-11-13-30(42)34-36(27)55(2)53-39(34)54-62(3,60)61)35(50-24)31(17-21-15-22(43)18-23(44)16-21)51-32(59)19-57-38-33(37(52-57)41(47,48)49)28-10-12-29(28)40(38,45)46/h7,9,11,13,15-16,18,25,28-29,31H,4-5,10,12,14,17,19H2,1-3H3,(H,51,59)(H,53,54)/t25?,28-,29+,31-/m0/s1. The zero-order valence-electron chi connectivity index (χ0n) is 33.0. The largest absolute Gasteiger partial charge is 0.435 e. The number of carbonyl (C=O) groups excluding carboxylic acids is 2. The molecule has 5 aromatic rings. The SMILES string of the molecule is CC(=O)N1CCCC1C#Cc1ccc(-c2ccc(Cl)c3c(NS(C)(=O)=O)nn(C)c23)c([C@H](Cc2cc(F)cc(F)c2)NC(=O)Cn2nc(C(F)(F)F)c3c2C(F)(F)[C@@H]2CC[C@H]32)n1. The molecule has 2 aromatic carbocycles. The van der Waals surface area contributed by atoms with Crippen molar-refractivity contribution in [3.8, 4) is 23.0 Å². The number of aryl methyl sites for hydroxylation is 1. The van der Waals surface area contributed by atoms with Crippen LogP contribution >= 0.6 is 11.6 Å². The van der Waals surface area contributed by atoms with Crippen LogP contribution in [0.3, 0.4) is 0 Å². The summed E-state index contributed by atoms with van der Waals surface area (Å²) in [5.74, 6) is -3.45. The van der Waals surface area contributed by atoms with Crippen LogP contribution in [0.1, 0.15) is 78.5 Å². The summed E-state index contributed by atoms with van der Waals surface area (Å²) in [5, 5.41) is 10.8. The molecule has 326 valence electrons. The van der Waals surface area contributed by atoms with Gasteiger partial charge in [-0.15, -0.1) is 0 Å². The van der Waals surface area contributed by atoms with Crippen LogP contribution in [0.15, 0.2) is 42.5 Å². The predicted molar refractivity (Wildman–Crippen MR) is 212 cm³/mol. The first-order valence-electron chi connectivity index (χ1n) is 19.3. The number of pyridine rings is 1. The number of hydrogen-bond donors (Lipinski definition) is 2.